The summed E-state index contributed by atoms with van der Waals surface area (Å²) in [6.45, 7) is 5.21. The van der Waals surface area contributed by atoms with Gasteiger partial charge >= 0.3 is 0 Å². The molecule has 63 heavy (non-hydrogen) atoms. The van der Waals surface area contributed by atoms with E-state index >= 15 is 0 Å². The third-order valence-corrected chi connectivity index (χ3v) is 11.3. The van der Waals surface area contributed by atoms with Gasteiger partial charge in [-0.25, -0.2) is 0 Å². The van der Waals surface area contributed by atoms with Crippen LogP contribution in [0.2, 0.25) is 0 Å². The molecule has 0 fully saturated rings. The van der Waals surface area contributed by atoms with Gasteiger partial charge in [0.15, 0.2) is 23.0 Å². The maximum absolute atomic E-state index is 13.8. The number of aliphatic hydroxyl groups is 3. The van der Waals surface area contributed by atoms with Gasteiger partial charge < -0.3 is 15.3 Å². The van der Waals surface area contributed by atoms with Gasteiger partial charge in [0.05, 0.1) is 6.61 Å². The Morgan fingerprint density at radius 3 is 0.857 bits per heavy atom. The predicted octanol–water partition coefficient (Wildman–Crippen LogP) is 14.9. The van der Waals surface area contributed by atoms with Crippen molar-refractivity contribution in [2.24, 2.45) is 0 Å². The van der Waals surface area contributed by atoms with E-state index in [1.807, 2.05) is 0 Å². The highest BCUT2D eigenvalue weighted by Gasteiger charge is 2.62. The zero-order valence-corrected chi connectivity index (χ0v) is 40.4. The molecule has 356 valence electrons. The van der Waals surface area contributed by atoms with Gasteiger partial charge in [0.1, 0.15) is 0 Å². The first-order chi connectivity index (χ1) is 30.8. The van der Waals surface area contributed by atoms with E-state index in [0.29, 0.717) is 19.3 Å². The Morgan fingerprint density at radius 2 is 0.571 bits per heavy atom. The fourth-order valence-corrected chi connectivity index (χ4v) is 7.30. The Balaban J connectivity index is 5.11. The quantitative estimate of drug-likeness (QED) is 0.0319. The number of ketones is 3. The fourth-order valence-electron chi connectivity index (χ4n) is 7.30. The normalized spacial score (nSPS) is 14.0. The summed E-state index contributed by atoms with van der Waals surface area (Å²) in [5, 5.41) is 34.0. The lowest BCUT2D eigenvalue weighted by Gasteiger charge is -2.39. The van der Waals surface area contributed by atoms with E-state index < -0.39 is 35.2 Å². The highest BCUT2D eigenvalue weighted by atomic mass is 16.4. The monoisotopic (exact) mass is 873 g/mol. The molecule has 6 heteroatoms. The van der Waals surface area contributed by atoms with Gasteiger partial charge in [-0.05, 0) is 116 Å². The molecule has 0 aliphatic carbocycles. The summed E-state index contributed by atoms with van der Waals surface area (Å²) >= 11 is 0. The van der Waals surface area contributed by atoms with E-state index in [9.17, 15) is 29.7 Å². The zero-order chi connectivity index (χ0) is 46.4. The molecule has 0 saturated carbocycles. The molecule has 1 atom stereocenters. The molecule has 0 amide bonds. The minimum atomic E-state index is -2.97. The Labute approximate surface area is 386 Å². The molecule has 3 N–H and O–H groups in total. The van der Waals surface area contributed by atoms with Crippen LogP contribution in [0.4, 0.5) is 0 Å². The lowest BCUT2D eigenvalue weighted by atomic mass is 9.71. The number of Topliss-reactive ketones (excluding diaryl/α,β-unsaturated/α-hetero) is 3. The molecule has 0 aromatic rings. The van der Waals surface area contributed by atoms with Crippen LogP contribution in [0, 0.1) is 0 Å². The third kappa shape index (κ3) is 31.1. The first-order valence-electron chi connectivity index (χ1n) is 25.3. The Kier molecular flexibility index (Phi) is 41.4. The van der Waals surface area contributed by atoms with Gasteiger partial charge in [-0.2, -0.15) is 0 Å². The minimum absolute atomic E-state index is 0.123. The minimum Gasteiger partial charge on any atom is -0.393 e. The molecule has 0 spiro atoms. The van der Waals surface area contributed by atoms with E-state index in [1.54, 1.807) is 0 Å². The van der Waals surface area contributed by atoms with Crippen LogP contribution in [-0.4, -0.2) is 50.5 Å². The average molecular weight is 873 g/mol. The van der Waals surface area contributed by atoms with Crippen molar-refractivity contribution in [2.45, 2.75) is 225 Å². The second-order valence-corrected chi connectivity index (χ2v) is 16.8. The van der Waals surface area contributed by atoms with Gasteiger partial charge in [-0.3, -0.25) is 14.4 Å². The van der Waals surface area contributed by atoms with Gasteiger partial charge in [-0.1, -0.05) is 188 Å². The molecule has 0 aliphatic rings. The van der Waals surface area contributed by atoms with Gasteiger partial charge in [-0.15, -0.1) is 0 Å². The molecule has 0 rings (SSSR count). The highest BCUT2D eigenvalue weighted by molar-refractivity contribution is 6.16. The number of allylic oxidation sites excluding steroid dienone is 18. The summed E-state index contributed by atoms with van der Waals surface area (Å²) < 4.78 is 0. The Bertz CT molecular complexity index is 1340. The lowest BCUT2D eigenvalue weighted by Crippen LogP contribution is -2.69. The van der Waals surface area contributed by atoms with Crippen LogP contribution in [0.25, 0.3) is 0 Å². The Hall–Kier alpha value is -3.45. The summed E-state index contributed by atoms with van der Waals surface area (Å²) in [5.74, 6) is -2.58. The van der Waals surface area contributed by atoms with Crippen LogP contribution in [0.15, 0.2) is 109 Å². The topological polar surface area (TPSA) is 112 Å². The smallest absolute Gasteiger partial charge is 0.219 e. The summed E-state index contributed by atoms with van der Waals surface area (Å²) in [5.41, 5.74) is -5.84. The number of unbranched alkanes of at least 4 members (excludes halogenated alkanes) is 15. The number of carbonyl (C=O) groups excluding carboxylic acids is 3. The molecule has 0 aromatic heterocycles. The molecular weight excluding hydrogens is 781 g/mol. The number of hydrogen-bond acceptors (Lipinski definition) is 6. The van der Waals surface area contributed by atoms with Crippen LogP contribution in [0.1, 0.15) is 213 Å². The van der Waals surface area contributed by atoms with Crippen molar-refractivity contribution < 1.29 is 29.7 Å². The van der Waals surface area contributed by atoms with E-state index in [2.05, 4.69) is 130 Å². The van der Waals surface area contributed by atoms with E-state index in [1.165, 1.54) is 0 Å². The lowest BCUT2D eigenvalue weighted by molar-refractivity contribution is -0.194. The van der Waals surface area contributed by atoms with Crippen molar-refractivity contribution >= 4 is 17.3 Å². The second kappa shape index (κ2) is 43.8. The maximum atomic E-state index is 13.8. The zero-order valence-electron chi connectivity index (χ0n) is 40.4. The second-order valence-electron chi connectivity index (χ2n) is 16.8. The van der Waals surface area contributed by atoms with Crippen LogP contribution >= 0.6 is 0 Å². The fraction of sp³-hybridized carbons (Fsp3) is 0.632. The van der Waals surface area contributed by atoms with Crippen molar-refractivity contribution in [2.75, 3.05) is 6.61 Å². The highest BCUT2D eigenvalue weighted by Crippen LogP contribution is 2.32. The van der Waals surface area contributed by atoms with Crippen molar-refractivity contribution in [3.63, 3.8) is 0 Å². The Morgan fingerprint density at radius 1 is 0.333 bits per heavy atom. The number of hydrogen-bond donors (Lipinski definition) is 3. The van der Waals surface area contributed by atoms with Gasteiger partial charge in [0.25, 0.3) is 0 Å². The first kappa shape index (κ1) is 59.5. The van der Waals surface area contributed by atoms with Gasteiger partial charge in [0.2, 0.25) is 5.60 Å². The summed E-state index contributed by atoms with van der Waals surface area (Å²) in [4.78, 5) is 41.2. The van der Waals surface area contributed by atoms with Crippen LogP contribution in [0.5, 0.6) is 0 Å². The summed E-state index contributed by atoms with van der Waals surface area (Å²) in [6, 6.07) is 0. The number of rotatable bonds is 44. The third-order valence-electron chi connectivity index (χ3n) is 11.3. The van der Waals surface area contributed by atoms with Crippen LogP contribution < -0.4 is 0 Å². The van der Waals surface area contributed by atoms with Crippen LogP contribution in [-0.2, 0) is 14.4 Å². The maximum Gasteiger partial charge on any atom is 0.219 e. The van der Waals surface area contributed by atoms with E-state index in [0.717, 1.165) is 154 Å². The predicted molar refractivity (Wildman–Crippen MR) is 270 cm³/mol. The average Bonchev–Trinajstić information content (AvgIpc) is 3.29. The van der Waals surface area contributed by atoms with Crippen molar-refractivity contribution in [1.82, 2.24) is 0 Å². The van der Waals surface area contributed by atoms with Crippen LogP contribution in [0.3, 0.4) is 0 Å². The SMILES string of the molecule is CC/C=C\C/C=C\C/C=C\CCCCCCCC(=O)C(O)(CO)C(O)(C(=O)CCCCCCC/C=C\C/C=C\C/C=C\CC)C(=O)CCCCCCC/C=C\C/C=C\C/C=C\CC. The van der Waals surface area contributed by atoms with E-state index in [-0.39, 0.29) is 19.3 Å². The largest absolute Gasteiger partial charge is 0.393 e. The number of aliphatic hydroxyl groups excluding tert-OH is 1. The summed E-state index contributed by atoms with van der Waals surface area (Å²) in [7, 11) is 0. The first-order valence-corrected chi connectivity index (χ1v) is 25.3. The van der Waals surface area contributed by atoms with Crippen molar-refractivity contribution in [3.8, 4) is 0 Å². The molecule has 0 bridgehead atoms. The molecule has 1 unspecified atom stereocenters. The molecule has 6 nitrogen and oxygen atoms in total. The van der Waals surface area contributed by atoms with Crippen molar-refractivity contribution in [3.05, 3.63) is 109 Å². The molecule has 0 radical (unpaired) electrons. The molecule has 0 saturated heterocycles. The molecular formula is C57H92O6. The molecule has 0 aliphatic heterocycles. The van der Waals surface area contributed by atoms with E-state index in [4.69, 9.17) is 0 Å². The molecule has 0 aromatic carbocycles. The summed E-state index contributed by atoms with van der Waals surface area (Å²) in [6.07, 6.45) is 63.0. The van der Waals surface area contributed by atoms with Gasteiger partial charge in [0, 0.05) is 19.3 Å². The molecule has 0 heterocycles. The standard InChI is InChI=1S/C57H92O6/c1-4-7-10-13-16-19-22-25-28-31-34-37-40-43-46-49-53(59)56(62,52-58)57(63,54(60)50-47-44-41-38-35-32-29-26-23-20-17-14-11-8-5-2)55(61)51-48-45-42-39-36-33-30-27-24-21-18-15-12-9-6-3/h7-12,16-21,25-30,58,62-63H,4-6,13-15,22-24,31-52H2,1-3H3/b10-7-,11-8-,12-9-,19-16-,20-17-,21-18-,28-25-,29-26-,30-27-. The van der Waals surface area contributed by atoms with Crippen molar-refractivity contribution in [1.29, 1.82) is 0 Å². The number of carbonyl (C=O) groups is 3.